The number of aliphatic hydroxyl groups is 1. The van der Waals surface area contributed by atoms with Gasteiger partial charge in [0.1, 0.15) is 11.6 Å². The molecule has 1 amide bonds. The summed E-state index contributed by atoms with van der Waals surface area (Å²) in [6, 6.07) is 0. The van der Waals surface area contributed by atoms with Gasteiger partial charge >= 0.3 is 7.82 Å². The first-order valence-electron chi connectivity index (χ1n) is 9.21. The molecule has 0 atom stereocenters. The van der Waals surface area contributed by atoms with Crippen LogP contribution in [0.25, 0.3) is 0 Å². The summed E-state index contributed by atoms with van der Waals surface area (Å²) in [4.78, 5) is 39.6. The summed E-state index contributed by atoms with van der Waals surface area (Å²) in [5.74, 6) is 0.761. The molecule has 0 aliphatic heterocycles. The average Bonchev–Trinajstić information content (AvgIpc) is 2.65. The van der Waals surface area contributed by atoms with Gasteiger partial charge < -0.3 is 25.5 Å². The van der Waals surface area contributed by atoms with E-state index < -0.39 is 7.82 Å². The van der Waals surface area contributed by atoms with Crippen molar-refractivity contribution in [1.82, 2.24) is 14.9 Å². The van der Waals surface area contributed by atoms with E-state index in [0.29, 0.717) is 39.8 Å². The second-order valence-electron chi connectivity index (χ2n) is 6.33. The number of phosphoric ester groups is 1. The van der Waals surface area contributed by atoms with Crippen molar-refractivity contribution in [2.24, 2.45) is 0 Å². The van der Waals surface area contributed by atoms with Gasteiger partial charge in [-0.25, -0.2) is 14.5 Å². The zero-order valence-electron chi connectivity index (χ0n) is 17.2. The molecule has 10 nitrogen and oxygen atoms in total. The minimum Gasteiger partial charge on any atom is -0.383 e. The van der Waals surface area contributed by atoms with Crippen LogP contribution in [0.4, 0.5) is 5.82 Å². The summed E-state index contributed by atoms with van der Waals surface area (Å²) >= 11 is 0.393. The van der Waals surface area contributed by atoms with Crippen LogP contribution in [0.3, 0.4) is 0 Å². The molecule has 0 aromatic carbocycles. The Morgan fingerprint density at radius 1 is 1.43 bits per heavy atom. The summed E-state index contributed by atoms with van der Waals surface area (Å²) in [7, 11) is -4.63. The highest BCUT2D eigenvalue weighted by Gasteiger charge is 2.16. The van der Waals surface area contributed by atoms with Crippen molar-refractivity contribution < 1.29 is 28.8 Å². The maximum absolute atomic E-state index is 11.7. The quantitative estimate of drug-likeness (QED) is 0.104. The first kappa shape index (κ1) is 26.2. The van der Waals surface area contributed by atoms with Gasteiger partial charge in [0.2, 0.25) is 6.41 Å². The monoisotopic (exact) mass is 460 g/mol. The molecule has 0 aliphatic rings. The fourth-order valence-electron chi connectivity index (χ4n) is 2.33. The molecular formula is C18H29N4O6PS. The number of amides is 1. The molecule has 0 radical (unpaired) electrons. The van der Waals surface area contributed by atoms with Crippen LogP contribution in [0, 0.1) is 6.92 Å². The number of carbonyl (C=O) groups is 1. The number of hydrogen-bond donors (Lipinski definition) is 5. The molecule has 0 fully saturated rings. The number of nitrogen functional groups attached to an aromatic ring is 1. The maximum Gasteiger partial charge on any atom is 0.469 e. The zero-order chi connectivity index (χ0) is 22.7. The smallest absolute Gasteiger partial charge is 0.383 e. The molecule has 0 aliphatic carbocycles. The van der Waals surface area contributed by atoms with Crippen LogP contribution in [0.5, 0.6) is 0 Å². The summed E-state index contributed by atoms with van der Waals surface area (Å²) in [6.07, 6.45) is 7.35. The van der Waals surface area contributed by atoms with Gasteiger partial charge in [0.25, 0.3) is 0 Å². The number of aromatic nitrogens is 2. The summed E-state index contributed by atoms with van der Waals surface area (Å²) < 4.78 is 15.5. The van der Waals surface area contributed by atoms with Gasteiger partial charge in [-0.15, -0.1) is 11.4 Å². The Morgan fingerprint density at radius 2 is 2.13 bits per heavy atom. The number of carbonyl (C=O) groups excluding carboxylic acids is 1. The molecule has 0 unspecified atom stereocenters. The van der Waals surface area contributed by atoms with E-state index in [1.165, 1.54) is 11.1 Å². The van der Waals surface area contributed by atoms with E-state index in [4.69, 9.17) is 15.5 Å². The lowest BCUT2D eigenvalue weighted by Gasteiger charge is -2.21. The van der Waals surface area contributed by atoms with Gasteiger partial charge in [-0.2, -0.15) is 0 Å². The molecule has 1 heterocycles. The van der Waals surface area contributed by atoms with E-state index >= 15 is 0 Å². The Kier molecular flexibility index (Phi) is 11.1. The van der Waals surface area contributed by atoms with E-state index in [1.54, 1.807) is 19.9 Å². The van der Waals surface area contributed by atoms with E-state index in [9.17, 15) is 14.5 Å². The Hall–Kier alpha value is -1.88. The van der Waals surface area contributed by atoms with Gasteiger partial charge in [-0.05, 0) is 26.3 Å². The molecule has 0 saturated carbocycles. The van der Waals surface area contributed by atoms with Crippen LogP contribution in [0.1, 0.15) is 44.5 Å². The van der Waals surface area contributed by atoms with Gasteiger partial charge in [0.05, 0.1) is 18.2 Å². The molecule has 5 N–H and O–H groups in total. The fourth-order valence-corrected chi connectivity index (χ4v) is 3.61. The molecule has 0 spiro atoms. The predicted molar refractivity (Wildman–Crippen MR) is 119 cm³/mol. The van der Waals surface area contributed by atoms with Crippen LogP contribution >= 0.6 is 19.2 Å². The average molecular weight is 460 g/mol. The van der Waals surface area contributed by atoms with Crippen LogP contribution in [0.2, 0.25) is 0 Å². The lowest BCUT2D eigenvalue weighted by atomic mass is 10.2. The second-order valence-corrected chi connectivity index (χ2v) is 8.79. The van der Waals surface area contributed by atoms with Crippen LogP contribution in [0.15, 0.2) is 29.0 Å². The number of allylic oxidation sites excluding steroid dienone is 2. The minimum absolute atomic E-state index is 0.0398. The van der Waals surface area contributed by atoms with E-state index in [0.717, 1.165) is 12.8 Å². The van der Waals surface area contributed by atoms with Crippen molar-refractivity contribution >= 4 is 36.5 Å². The van der Waals surface area contributed by atoms with Gasteiger partial charge in [-0.3, -0.25) is 9.32 Å². The minimum atomic E-state index is -4.63. The number of thiol groups is 1. The highest BCUT2D eigenvalue weighted by Crippen LogP contribution is 2.36. The molecule has 1 aromatic heterocycles. The number of nitrogens with zero attached hydrogens (tertiary/aromatic N) is 3. The molecule has 12 heteroatoms. The van der Waals surface area contributed by atoms with E-state index in [-0.39, 0.29) is 30.4 Å². The Balaban J connectivity index is 3.20. The molecule has 0 bridgehead atoms. The molecule has 1 rings (SSSR count). The lowest BCUT2D eigenvalue weighted by molar-refractivity contribution is -0.116. The number of nitrogens with two attached hydrogens (primary N) is 1. The summed E-state index contributed by atoms with van der Waals surface area (Å²) in [5, 5.41) is 10.3. The molecule has 1 aromatic rings. The maximum atomic E-state index is 11.7. The van der Waals surface area contributed by atoms with Gasteiger partial charge in [-0.1, -0.05) is 19.4 Å². The molecule has 168 valence electrons. The third kappa shape index (κ3) is 9.75. The SMILES string of the molecule is CCC/C=C/C(O)=[SH]\C(CCOP(=O)(O)O)=C(\C)N(C=O)Cc1cnc(C)nc1N. The largest absolute Gasteiger partial charge is 0.469 e. The number of unbranched alkanes of at least 4 members (excludes halogenated alkanes) is 1. The first-order valence-corrected chi connectivity index (χ1v) is 11.6. The third-order valence-corrected chi connectivity index (χ3v) is 5.62. The predicted octanol–water partition coefficient (Wildman–Crippen LogP) is 2.57. The molecular weight excluding hydrogens is 431 g/mol. The summed E-state index contributed by atoms with van der Waals surface area (Å²) in [5.41, 5.74) is 6.95. The van der Waals surface area contributed by atoms with Crippen molar-refractivity contribution in [1.29, 1.82) is 0 Å². The van der Waals surface area contributed by atoms with Crippen molar-refractivity contribution in [2.75, 3.05) is 12.3 Å². The standard InChI is InChI=1S/C18H29N4O6PS/c1-4-5-6-7-17(24)30-16(8-9-28-29(25,26)27)13(2)22(12-23)11-15-10-20-14(3)21-18(15)19/h6-7,10,12,24,30H,4-5,8-9,11H2,1-3H3,(H2,19,20,21)(H2,25,26,27)/b7-6+,16-13-. The number of anilines is 1. The zero-order valence-corrected chi connectivity index (χ0v) is 19.0. The number of hydrogen-bond acceptors (Lipinski definition) is 6. The highest BCUT2D eigenvalue weighted by atomic mass is 32.1. The number of aliphatic hydroxyl groups excluding tert-OH is 1. The fraction of sp³-hybridized carbons (Fsp3) is 0.444. The molecule has 30 heavy (non-hydrogen) atoms. The van der Waals surface area contributed by atoms with E-state index in [2.05, 4.69) is 14.5 Å². The van der Waals surface area contributed by atoms with Crippen molar-refractivity contribution in [3.8, 4) is 0 Å². The lowest BCUT2D eigenvalue weighted by Crippen LogP contribution is -2.22. The molecule has 0 saturated heterocycles. The van der Waals surface area contributed by atoms with Crippen molar-refractivity contribution in [2.45, 2.75) is 46.6 Å². The summed E-state index contributed by atoms with van der Waals surface area (Å²) in [6.45, 7) is 5.20. The van der Waals surface area contributed by atoms with Crippen LogP contribution < -0.4 is 5.73 Å². The second kappa shape index (κ2) is 12.7. The topological polar surface area (TPSA) is 159 Å². The van der Waals surface area contributed by atoms with Gasteiger partial charge in [0.15, 0.2) is 0 Å². The Bertz CT molecular complexity index is 868. The van der Waals surface area contributed by atoms with Crippen LogP contribution in [-0.2, 0) is 20.4 Å². The van der Waals surface area contributed by atoms with Crippen molar-refractivity contribution in [3.05, 3.63) is 40.3 Å². The first-order chi connectivity index (χ1) is 14.1. The van der Waals surface area contributed by atoms with Crippen molar-refractivity contribution in [3.63, 3.8) is 0 Å². The Morgan fingerprint density at radius 3 is 2.70 bits per heavy atom. The third-order valence-electron chi connectivity index (χ3n) is 3.90. The van der Waals surface area contributed by atoms with E-state index in [1.807, 2.05) is 13.0 Å². The number of rotatable bonds is 12. The number of phosphoric acid groups is 1. The highest BCUT2D eigenvalue weighted by molar-refractivity contribution is 8.02. The van der Waals surface area contributed by atoms with Gasteiger partial charge in [0, 0.05) is 28.8 Å². The normalized spacial score (nSPS) is 13.7. The Labute approximate surface area is 179 Å². The number of aryl methyl sites for hydroxylation is 1. The van der Waals surface area contributed by atoms with Crippen LogP contribution in [-0.4, -0.2) is 47.8 Å².